The van der Waals surface area contributed by atoms with E-state index in [2.05, 4.69) is 24.1 Å². The number of hydrogen-bond donors (Lipinski definition) is 3. The molecule has 8 nitrogen and oxygen atoms in total. The molecule has 0 aromatic heterocycles. The maximum Gasteiger partial charge on any atom is 0.306 e. The molecule has 40 heavy (non-hydrogen) atoms. The Morgan fingerprint density at radius 3 is 2.25 bits per heavy atom. The third kappa shape index (κ3) is 10.9. The second kappa shape index (κ2) is 18.9. The fraction of sp³-hybridized carbons (Fsp3) is 0.933. The van der Waals surface area contributed by atoms with Gasteiger partial charge in [0.15, 0.2) is 6.10 Å². The summed E-state index contributed by atoms with van der Waals surface area (Å²) in [6.07, 6.45) is 10.6. The van der Waals surface area contributed by atoms with Crippen LogP contribution in [0.3, 0.4) is 0 Å². The number of carbonyl (C=O) groups is 2. The first-order valence-electron chi connectivity index (χ1n) is 15.5. The van der Waals surface area contributed by atoms with Crippen molar-refractivity contribution < 1.29 is 29.3 Å². The lowest BCUT2D eigenvalue weighted by molar-refractivity contribution is -0.218. The number of unbranched alkanes of at least 4 members (excludes halogenated alkanes) is 8. The van der Waals surface area contributed by atoms with Gasteiger partial charge in [-0.15, -0.1) is 23.4 Å². The Kier molecular flexibility index (Phi) is 16.8. The Bertz CT molecular complexity index is 745. The highest BCUT2D eigenvalue weighted by atomic mass is 35.5. The molecule has 2 rings (SSSR count). The number of nitrogens with zero attached hydrogens (tertiary/aromatic N) is 1. The molecule has 0 spiro atoms. The van der Waals surface area contributed by atoms with Gasteiger partial charge < -0.3 is 25.0 Å². The molecule has 0 aromatic carbocycles. The van der Waals surface area contributed by atoms with Gasteiger partial charge >= 0.3 is 5.97 Å². The van der Waals surface area contributed by atoms with Crippen molar-refractivity contribution in [2.75, 3.05) is 19.8 Å². The fourth-order valence-corrected chi connectivity index (χ4v) is 6.94. The van der Waals surface area contributed by atoms with Crippen LogP contribution in [-0.2, 0) is 19.1 Å². The summed E-state index contributed by atoms with van der Waals surface area (Å²) >= 11 is 7.79. The van der Waals surface area contributed by atoms with Crippen molar-refractivity contribution in [2.45, 2.75) is 152 Å². The summed E-state index contributed by atoms with van der Waals surface area (Å²) < 4.78 is 11.8. The monoisotopic (exact) mass is 606 g/mol. The van der Waals surface area contributed by atoms with Crippen LogP contribution in [0.4, 0.5) is 0 Å². The first-order valence-corrected chi connectivity index (χ1v) is 17.2. The molecule has 2 heterocycles. The highest BCUT2D eigenvalue weighted by molar-refractivity contribution is 7.99. The largest absolute Gasteiger partial charge is 0.456 e. The van der Waals surface area contributed by atoms with E-state index in [0.717, 1.165) is 45.1 Å². The molecule has 234 valence electrons. The highest BCUT2D eigenvalue weighted by Gasteiger charge is 2.50. The van der Waals surface area contributed by atoms with E-state index in [0.29, 0.717) is 5.92 Å². The SMILES string of the molecule is CCCCCCCCCCCC(=O)O[C@@H]1[C@@H](O)[C@@H](O)[C@@H]([C@H](NC(=O)[C@@H]2C[C@@H](CCC)CN2C)[C@H](C)Cl)O[C@@H]1SC. The number of likely N-dealkylation sites (tertiary alicyclic amines) is 1. The number of ether oxygens (including phenoxy) is 2. The van der Waals surface area contributed by atoms with E-state index in [4.69, 9.17) is 21.1 Å². The van der Waals surface area contributed by atoms with E-state index >= 15 is 0 Å². The number of nitrogens with one attached hydrogen (secondary N) is 1. The molecule has 2 aliphatic heterocycles. The molecule has 0 saturated carbocycles. The molecular formula is C30H55ClN2O6S. The summed E-state index contributed by atoms with van der Waals surface area (Å²) in [5.41, 5.74) is -0.701. The molecule has 0 aliphatic carbocycles. The van der Waals surface area contributed by atoms with Gasteiger partial charge in [-0.3, -0.25) is 14.5 Å². The summed E-state index contributed by atoms with van der Waals surface area (Å²) in [4.78, 5) is 27.9. The van der Waals surface area contributed by atoms with Crippen LogP contribution in [0.2, 0.25) is 0 Å². The van der Waals surface area contributed by atoms with E-state index in [-0.39, 0.29) is 18.4 Å². The van der Waals surface area contributed by atoms with Gasteiger partial charge in [-0.25, -0.2) is 0 Å². The molecular weight excluding hydrogens is 552 g/mol. The minimum atomic E-state index is -1.38. The zero-order valence-corrected chi connectivity index (χ0v) is 26.9. The van der Waals surface area contributed by atoms with E-state index in [1.165, 1.54) is 50.3 Å². The van der Waals surface area contributed by atoms with Crippen LogP contribution in [0.25, 0.3) is 0 Å². The van der Waals surface area contributed by atoms with Gasteiger partial charge in [0.25, 0.3) is 0 Å². The average Bonchev–Trinajstić information content (AvgIpc) is 3.29. The van der Waals surface area contributed by atoms with Crippen molar-refractivity contribution in [1.29, 1.82) is 0 Å². The number of halogens is 1. The van der Waals surface area contributed by atoms with E-state index in [1.54, 1.807) is 13.2 Å². The van der Waals surface area contributed by atoms with Gasteiger partial charge in [0.05, 0.1) is 17.5 Å². The highest BCUT2D eigenvalue weighted by Crippen LogP contribution is 2.33. The minimum absolute atomic E-state index is 0.154. The van der Waals surface area contributed by atoms with Crippen molar-refractivity contribution >= 4 is 35.2 Å². The Labute approximate surface area is 251 Å². The molecule has 0 aromatic rings. The van der Waals surface area contributed by atoms with Crippen LogP contribution in [0.1, 0.15) is 104 Å². The summed E-state index contributed by atoms with van der Waals surface area (Å²) in [6.45, 7) is 6.97. The summed E-state index contributed by atoms with van der Waals surface area (Å²) in [5.74, 6) is -0.0799. The van der Waals surface area contributed by atoms with E-state index < -0.39 is 47.2 Å². The third-order valence-electron chi connectivity index (χ3n) is 8.36. The number of esters is 1. The molecule has 0 bridgehead atoms. The van der Waals surface area contributed by atoms with Crippen LogP contribution < -0.4 is 5.32 Å². The van der Waals surface area contributed by atoms with Gasteiger partial charge in [0.2, 0.25) is 5.91 Å². The predicted octanol–water partition coefficient (Wildman–Crippen LogP) is 4.86. The maximum absolute atomic E-state index is 13.3. The number of amides is 1. The van der Waals surface area contributed by atoms with E-state index in [1.807, 2.05) is 7.05 Å². The van der Waals surface area contributed by atoms with Crippen molar-refractivity contribution in [3.05, 3.63) is 0 Å². The quantitative estimate of drug-likeness (QED) is 0.115. The van der Waals surface area contributed by atoms with Crippen molar-refractivity contribution in [1.82, 2.24) is 10.2 Å². The van der Waals surface area contributed by atoms with Crippen LogP contribution >= 0.6 is 23.4 Å². The van der Waals surface area contributed by atoms with Gasteiger partial charge in [-0.1, -0.05) is 71.6 Å². The van der Waals surface area contributed by atoms with Gasteiger partial charge in [0, 0.05) is 13.0 Å². The molecule has 10 heteroatoms. The molecule has 2 aliphatic rings. The number of carbonyl (C=O) groups excluding carboxylic acids is 2. The molecule has 9 atom stereocenters. The number of aliphatic hydroxyl groups is 2. The van der Waals surface area contributed by atoms with Crippen molar-refractivity contribution in [3.8, 4) is 0 Å². The first-order chi connectivity index (χ1) is 19.1. The molecule has 2 fully saturated rings. The molecule has 2 saturated heterocycles. The second-order valence-corrected chi connectivity index (χ2v) is 13.4. The van der Waals surface area contributed by atoms with Gasteiger partial charge in [-0.2, -0.15) is 0 Å². The number of hydrogen-bond acceptors (Lipinski definition) is 8. The van der Waals surface area contributed by atoms with E-state index in [9.17, 15) is 19.8 Å². The van der Waals surface area contributed by atoms with Crippen LogP contribution in [0, 0.1) is 5.92 Å². The van der Waals surface area contributed by atoms with Gasteiger partial charge in [0.1, 0.15) is 23.7 Å². The first kappa shape index (κ1) is 35.6. The predicted molar refractivity (Wildman–Crippen MR) is 163 cm³/mol. The lowest BCUT2D eigenvalue weighted by atomic mass is 9.92. The van der Waals surface area contributed by atoms with Crippen LogP contribution in [0.5, 0.6) is 0 Å². The fourth-order valence-electron chi connectivity index (χ4n) is 6.01. The standard InChI is InChI=1S/C30H55ClN2O6S/c1-6-8-9-10-11-12-13-14-15-17-23(34)38-28-26(36)25(35)27(39-30(28)40-5)24(20(3)31)32-29(37)22-18-21(16-7-2)19-33(22)4/h20-22,24-28,30,35-36H,6-19H2,1-5H3,(H,32,37)/t20-,21+,22-,24+,25+,26-,27+,28+,30+/m0/s1. The van der Waals surface area contributed by atoms with Crippen molar-refractivity contribution in [3.63, 3.8) is 0 Å². The number of alkyl halides is 1. The van der Waals surface area contributed by atoms with Crippen LogP contribution in [0.15, 0.2) is 0 Å². The number of thioether (sulfide) groups is 1. The lowest BCUT2D eigenvalue weighted by Crippen LogP contribution is -2.65. The molecule has 1 amide bonds. The average molecular weight is 607 g/mol. The molecule has 0 unspecified atom stereocenters. The normalized spacial score (nSPS) is 30.6. The van der Waals surface area contributed by atoms with Crippen LogP contribution in [-0.4, -0.2) is 94.2 Å². The molecule has 3 N–H and O–H groups in total. The lowest BCUT2D eigenvalue weighted by Gasteiger charge is -2.45. The van der Waals surface area contributed by atoms with Crippen molar-refractivity contribution in [2.24, 2.45) is 5.92 Å². The Balaban J connectivity index is 1.89. The summed E-state index contributed by atoms with van der Waals surface area (Å²) in [6, 6.07) is -1.00. The Hall–Kier alpha value is -0.580. The number of aliphatic hydroxyl groups excluding tert-OH is 2. The zero-order chi connectivity index (χ0) is 29.7. The number of rotatable bonds is 18. The maximum atomic E-state index is 13.3. The minimum Gasteiger partial charge on any atom is -0.456 e. The second-order valence-electron chi connectivity index (χ2n) is 11.8. The zero-order valence-electron chi connectivity index (χ0n) is 25.4. The third-order valence-corrected chi connectivity index (χ3v) is 9.47. The Morgan fingerprint density at radius 2 is 1.68 bits per heavy atom. The molecule has 0 radical (unpaired) electrons. The topological polar surface area (TPSA) is 108 Å². The Morgan fingerprint density at radius 1 is 1.05 bits per heavy atom. The number of likely N-dealkylation sites (N-methyl/N-ethyl adjacent to an activating group) is 1. The summed E-state index contributed by atoms with van der Waals surface area (Å²) in [7, 11) is 1.95. The van der Waals surface area contributed by atoms with Gasteiger partial charge in [-0.05, 0) is 45.4 Å². The smallest absolute Gasteiger partial charge is 0.306 e. The summed E-state index contributed by atoms with van der Waals surface area (Å²) in [5, 5.41) is 24.5.